The van der Waals surface area contributed by atoms with Gasteiger partial charge in [-0.05, 0) is 30.2 Å². The van der Waals surface area contributed by atoms with Crippen molar-refractivity contribution in [3.63, 3.8) is 0 Å². The fourth-order valence-electron chi connectivity index (χ4n) is 3.45. The standard InChI is InChI=1S/C23H22Cl3N3O4S2/c1-13-28-29-22(35-13)34-12-18-10-19(15-4-2-14(11-30)3-5-15)33-20(32-18)16-6-8-17(9-7-16)27-21(31)23(24,25)26/h2-9,18-20,30H,10-12H2,1H3,(H,27,31). The summed E-state index contributed by atoms with van der Waals surface area (Å²) in [5.41, 5.74) is 3.11. The molecule has 186 valence electrons. The molecule has 0 radical (unpaired) electrons. The van der Waals surface area contributed by atoms with Gasteiger partial charge in [0.05, 0.1) is 18.8 Å². The van der Waals surface area contributed by atoms with E-state index in [2.05, 4.69) is 15.5 Å². The van der Waals surface area contributed by atoms with Gasteiger partial charge in [0.1, 0.15) is 5.01 Å². The zero-order valence-electron chi connectivity index (χ0n) is 18.5. The minimum Gasteiger partial charge on any atom is -0.392 e. The lowest BCUT2D eigenvalue weighted by Gasteiger charge is -2.36. The van der Waals surface area contributed by atoms with Gasteiger partial charge in [-0.15, -0.1) is 10.2 Å². The summed E-state index contributed by atoms with van der Waals surface area (Å²) in [7, 11) is 0. The smallest absolute Gasteiger partial charge is 0.276 e. The minimum absolute atomic E-state index is 0.0146. The van der Waals surface area contributed by atoms with Crippen LogP contribution in [0.25, 0.3) is 0 Å². The van der Waals surface area contributed by atoms with E-state index in [0.717, 1.165) is 26.0 Å². The second-order valence-electron chi connectivity index (χ2n) is 7.82. The molecule has 1 amide bonds. The average Bonchev–Trinajstić information content (AvgIpc) is 3.27. The van der Waals surface area contributed by atoms with Crippen molar-refractivity contribution < 1.29 is 19.4 Å². The van der Waals surface area contributed by atoms with Gasteiger partial charge in [0.25, 0.3) is 9.70 Å². The van der Waals surface area contributed by atoms with Gasteiger partial charge in [0.15, 0.2) is 10.6 Å². The maximum Gasteiger partial charge on any atom is 0.276 e. The highest BCUT2D eigenvalue weighted by atomic mass is 35.6. The van der Waals surface area contributed by atoms with Crippen LogP contribution < -0.4 is 5.32 Å². The lowest BCUT2D eigenvalue weighted by molar-refractivity contribution is -0.245. The van der Waals surface area contributed by atoms with Gasteiger partial charge < -0.3 is 19.9 Å². The number of hydrogen-bond donors (Lipinski definition) is 2. The van der Waals surface area contributed by atoms with Gasteiger partial charge in [-0.25, -0.2) is 0 Å². The maximum absolute atomic E-state index is 11.9. The summed E-state index contributed by atoms with van der Waals surface area (Å²) in [6.45, 7) is 1.91. The fraction of sp³-hybridized carbons (Fsp3) is 0.348. The lowest BCUT2D eigenvalue weighted by Crippen LogP contribution is -2.31. The van der Waals surface area contributed by atoms with E-state index in [-0.39, 0.29) is 18.8 Å². The normalized spacial score (nSPS) is 20.5. The maximum atomic E-state index is 11.9. The number of ether oxygens (including phenoxy) is 2. The molecule has 1 aromatic heterocycles. The summed E-state index contributed by atoms with van der Waals surface area (Å²) in [4.78, 5) is 11.9. The van der Waals surface area contributed by atoms with Crippen LogP contribution in [0, 0.1) is 6.92 Å². The predicted molar refractivity (Wildman–Crippen MR) is 139 cm³/mol. The molecule has 0 bridgehead atoms. The number of carbonyl (C=O) groups is 1. The Labute approximate surface area is 226 Å². The summed E-state index contributed by atoms with van der Waals surface area (Å²) in [6, 6.07) is 14.7. The molecule has 0 spiro atoms. The molecule has 3 aromatic rings. The monoisotopic (exact) mass is 573 g/mol. The zero-order chi connectivity index (χ0) is 25.0. The van der Waals surface area contributed by atoms with Crippen LogP contribution in [0.5, 0.6) is 0 Å². The van der Waals surface area contributed by atoms with Crippen LogP contribution in [0.2, 0.25) is 0 Å². The first-order valence-corrected chi connectivity index (χ1v) is 13.6. The molecule has 1 aliphatic rings. The third kappa shape index (κ3) is 7.30. The van der Waals surface area contributed by atoms with E-state index in [9.17, 15) is 9.90 Å². The Morgan fingerprint density at radius 2 is 1.80 bits per heavy atom. The molecule has 2 heterocycles. The number of anilines is 1. The van der Waals surface area contributed by atoms with E-state index in [0.29, 0.717) is 17.9 Å². The minimum atomic E-state index is -2.05. The van der Waals surface area contributed by atoms with Crippen LogP contribution in [-0.4, -0.2) is 36.9 Å². The molecule has 2 N–H and O–H groups in total. The number of thioether (sulfide) groups is 1. The fourth-order valence-corrected chi connectivity index (χ4v) is 5.45. The van der Waals surface area contributed by atoms with E-state index in [1.165, 1.54) is 0 Å². The first-order chi connectivity index (χ1) is 16.7. The highest BCUT2D eigenvalue weighted by Crippen LogP contribution is 2.40. The molecule has 1 saturated heterocycles. The summed E-state index contributed by atoms with van der Waals surface area (Å²) in [5, 5.41) is 21.1. The van der Waals surface area contributed by atoms with E-state index < -0.39 is 16.0 Å². The van der Waals surface area contributed by atoms with Crippen molar-refractivity contribution in [2.24, 2.45) is 0 Å². The number of nitrogens with one attached hydrogen (secondary N) is 1. The van der Waals surface area contributed by atoms with Gasteiger partial charge in [-0.1, -0.05) is 94.3 Å². The van der Waals surface area contributed by atoms with Crippen LogP contribution in [0.3, 0.4) is 0 Å². The number of benzene rings is 2. The number of nitrogens with zero attached hydrogens (tertiary/aromatic N) is 2. The van der Waals surface area contributed by atoms with Crippen LogP contribution in [0.4, 0.5) is 5.69 Å². The van der Waals surface area contributed by atoms with Crippen molar-refractivity contribution in [2.75, 3.05) is 11.1 Å². The number of aliphatic hydroxyl groups excluding tert-OH is 1. The van der Waals surface area contributed by atoms with Crippen LogP contribution in [0.15, 0.2) is 52.9 Å². The SMILES string of the molecule is Cc1nnc(SCC2CC(c3ccc(CO)cc3)OC(c3ccc(NC(=O)C(Cl)(Cl)Cl)cc3)O2)s1. The molecule has 2 aromatic carbocycles. The molecule has 3 unspecified atom stereocenters. The third-order valence-corrected chi connectivity index (χ3v) is 7.83. The van der Waals surface area contributed by atoms with E-state index >= 15 is 0 Å². The number of carbonyl (C=O) groups excluding carboxylic acids is 1. The molecule has 0 aliphatic carbocycles. The molecular formula is C23H22Cl3N3O4S2. The number of halogens is 3. The molecule has 0 saturated carbocycles. The molecule has 3 atom stereocenters. The first-order valence-electron chi connectivity index (χ1n) is 10.6. The lowest BCUT2D eigenvalue weighted by atomic mass is 10.0. The number of hydrogen-bond acceptors (Lipinski definition) is 8. The molecule has 7 nitrogen and oxygen atoms in total. The number of alkyl halides is 3. The quantitative estimate of drug-likeness (QED) is 0.265. The Bertz CT molecular complexity index is 1140. The summed E-state index contributed by atoms with van der Waals surface area (Å²) in [5.74, 6) is -0.0484. The highest BCUT2D eigenvalue weighted by Gasteiger charge is 2.33. The Balaban J connectivity index is 1.50. The molecule has 1 aliphatic heterocycles. The van der Waals surface area contributed by atoms with Crippen molar-refractivity contribution >= 4 is 69.5 Å². The van der Waals surface area contributed by atoms with Crippen LogP contribution >= 0.6 is 57.9 Å². The number of aromatic nitrogens is 2. The molecule has 4 rings (SSSR count). The predicted octanol–water partition coefficient (Wildman–Crippen LogP) is 5.99. The van der Waals surface area contributed by atoms with Crippen molar-refractivity contribution in [2.45, 2.75) is 46.6 Å². The first kappa shape index (κ1) is 26.6. The summed E-state index contributed by atoms with van der Waals surface area (Å²) in [6.07, 6.45) is -0.260. The van der Waals surface area contributed by atoms with Gasteiger partial charge in [-0.3, -0.25) is 4.79 Å². The number of aryl methyl sites for hydroxylation is 1. The summed E-state index contributed by atoms with van der Waals surface area (Å²) < 4.78 is 11.5. The van der Waals surface area contributed by atoms with E-state index in [1.807, 2.05) is 31.2 Å². The van der Waals surface area contributed by atoms with Gasteiger partial charge in [0, 0.05) is 23.4 Å². The average molecular weight is 575 g/mol. The van der Waals surface area contributed by atoms with Gasteiger partial charge >= 0.3 is 0 Å². The zero-order valence-corrected chi connectivity index (χ0v) is 22.4. The van der Waals surface area contributed by atoms with Crippen molar-refractivity contribution in [3.8, 4) is 0 Å². The van der Waals surface area contributed by atoms with E-state index in [4.69, 9.17) is 44.3 Å². The van der Waals surface area contributed by atoms with Crippen molar-refractivity contribution in [1.29, 1.82) is 0 Å². The largest absolute Gasteiger partial charge is 0.392 e. The molecule has 35 heavy (non-hydrogen) atoms. The topological polar surface area (TPSA) is 93.6 Å². The number of rotatable bonds is 7. The van der Waals surface area contributed by atoms with Crippen molar-refractivity contribution in [1.82, 2.24) is 10.2 Å². The van der Waals surface area contributed by atoms with Gasteiger partial charge in [0.2, 0.25) is 0 Å². The van der Waals surface area contributed by atoms with Gasteiger partial charge in [-0.2, -0.15) is 0 Å². The molecule has 12 heteroatoms. The second kappa shape index (κ2) is 11.7. The molecular weight excluding hydrogens is 553 g/mol. The van der Waals surface area contributed by atoms with Crippen molar-refractivity contribution in [3.05, 3.63) is 70.2 Å². The van der Waals surface area contributed by atoms with Crippen LogP contribution in [0.1, 0.15) is 40.5 Å². The Morgan fingerprint density at radius 1 is 1.11 bits per heavy atom. The van der Waals surface area contributed by atoms with E-state index in [1.54, 1.807) is 47.4 Å². The Kier molecular flexibility index (Phi) is 8.94. The second-order valence-corrected chi connectivity index (χ2v) is 12.6. The Morgan fingerprint density at radius 3 is 2.40 bits per heavy atom. The van der Waals surface area contributed by atoms with Crippen LogP contribution in [-0.2, 0) is 20.9 Å². The number of amides is 1. The third-order valence-electron chi connectivity index (χ3n) is 5.21. The molecule has 1 fully saturated rings. The highest BCUT2D eigenvalue weighted by molar-refractivity contribution is 8.01. The Hall–Kier alpha value is -1.43. The summed E-state index contributed by atoms with van der Waals surface area (Å²) >= 11 is 20.0. The number of aliphatic hydroxyl groups is 1.